The van der Waals surface area contributed by atoms with Crippen molar-refractivity contribution in [2.75, 3.05) is 29.6 Å². The smallest absolute Gasteiger partial charge is 0.292 e. The third-order valence-electron chi connectivity index (χ3n) is 4.69. The quantitative estimate of drug-likeness (QED) is 0.794. The van der Waals surface area contributed by atoms with Gasteiger partial charge in [-0.25, -0.2) is 4.68 Å². The van der Waals surface area contributed by atoms with Crippen molar-refractivity contribution in [2.45, 2.75) is 24.3 Å². The number of nitrogens with zero attached hydrogens (tertiary/aromatic N) is 3. The second-order valence-corrected chi connectivity index (χ2v) is 7.85. The summed E-state index contributed by atoms with van der Waals surface area (Å²) in [6, 6.07) is 6.95. The first kappa shape index (κ1) is 18.5. The fourth-order valence-electron chi connectivity index (χ4n) is 3.06. The van der Waals surface area contributed by atoms with Crippen molar-refractivity contribution in [3.05, 3.63) is 40.8 Å². The number of rotatable bonds is 6. The second kappa shape index (κ2) is 7.67. The number of benzene rings is 1. The van der Waals surface area contributed by atoms with E-state index in [0.29, 0.717) is 40.2 Å². The highest BCUT2D eigenvalue weighted by Gasteiger charge is 2.34. The lowest BCUT2D eigenvalue weighted by Crippen LogP contribution is -2.43. The first-order valence-electron chi connectivity index (χ1n) is 9.02. The number of aromatic nitrogens is 2. The van der Waals surface area contributed by atoms with Crippen molar-refractivity contribution in [3.63, 3.8) is 0 Å². The van der Waals surface area contributed by atoms with Crippen LogP contribution >= 0.6 is 11.8 Å². The van der Waals surface area contributed by atoms with E-state index >= 15 is 0 Å². The van der Waals surface area contributed by atoms with Gasteiger partial charge in [-0.3, -0.25) is 14.4 Å². The Labute approximate surface area is 165 Å². The topological polar surface area (TPSA) is 93.5 Å². The van der Waals surface area contributed by atoms with Gasteiger partial charge in [-0.05, 0) is 30.9 Å². The van der Waals surface area contributed by atoms with Crippen LogP contribution < -0.4 is 20.5 Å². The first-order valence-corrected chi connectivity index (χ1v) is 10.0. The van der Waals surface area contributed by atoms with Gasteiger partial charge in [0, 0.05) is 18.3 Å². The summed E-state index contributed by atoms with van der Waals surface area (Å²) >= 11 is 1.32. The van der Waals surface area contributed by atoms with Crippen molar-refractivity contribution in [3.8, 4) is 5.75 Å². The molecule has 0 spiro atoms. The highest BCUT2D eigenvalue weighted by Crippen LogP contribution is 2.36. The summed E-state index contributed by atoms with van der Waals surface area (Å²) in [4.78, 5) is 40.0. The fourth-order valence-corrected chi connectivity index (χ4v) is 3.95. The maximum atomic E-state index is 13.0. The molecular weight excluding hydrogens is 380 g/mol. The Morgan fingerprint density at radius 1 is 1.36 bits per heavy atom. The molecule has 1 N–H and O–H groups in total. The SMILES string of the molecule is COc1cccc(NC(=O)Cn2ncc3c(c2=O)N(CC2CC2)C(=O)CS3)c1. The number of hydrogen-bond acceptors (Lipinski definition) is 6. The zero-order valence-corrected chi connectivity index (χ0v) is 16.2. The highest BCUT2D eigenvalue weighted by atomic mass is 32.2. The second-order valence-electron chi connectivity index (χ2n) is 6.84. The van der Waals surface area contributed by atoms with E-state index < -0.39 is 5.56 Å². The van der Waals surface area contributed by atoms with Gasteiger partial charge in [0.1, 0.15) is 18.0 Å². The lowest BCUT2D eigenvalue weighted by Gasteiger charge is -2.28. The van der Waals surface area contributed by atoms with Gasteiger partial charge < -0.3 is 15.0 Å². The zero-order valence-electron chi connectivity index (χ0n) is 15.4. The number of anilines is 2. The number of carbonyl (C=O) groups excluding carboxylic acids is 2. The standard InChI is InChI=1S/C19H20N4O4S/c1-27-14-4-2-3-13(7-14)21-16(24)10-23-19(26)18-15(8-20-23)28-11-17(25)22(18)9-12-5-6-12/h2-4,7-8,12H,5-6,9-11H2,1H3,(H,21,24). The minimum atomic E-state index is -0.417. The van der Waals surface area contributed by atoms with Crippen LogP contribution in [0.1, 0.15) is 12.8 Å². The van der Waals surface area contributed by atoms with E-state index in [1.54, 1.807) is 42.5 Å². The van der Waals surface area contributed by atoms with Crippen LogP contribution in [-0.4, -0.2) is 41.0 Å². The van der Waals surface area contributed by atoms with E-state index in [0.717, 1.165) is 17.5 Å². The van der Waals surface area contributed by atoms with E-state index in [4.69, 9.17) is 4.74 Å². The van der Waals surface area contributed by atoms with Crippen molar-refractivity contribution in [1.29, 1.82) is 0 Å². The third-order valence-corrected chi connectivity index (χ3v) is 5.69. The monoisotopic (exact) mass is 400 g/mol. The average molecular weight is 400 g/mol. The largest absolute Gasteiger partial charge is 0.497 e. The van der Waals surface area contributed by atoms with E-state index in [1.807, 2.05) is 0 Å². The normalized spacial score (nSPS) is 15.9. The molecule has 1 fully saturated rings. The summed E-state index contributed by atoms with van der Waals surface area (Å²) in [7, 11) is 1.55. The van der Waals surface area contributed by atoms with Gasteiger partial charge in [-0.2, -0.15) is 5.10 Å². The molecule has 8 nitrogen and oxygen atoms in total. The van der Waals surface area contributed by atoms with Gasteiger partial charge >= 0.3 is 0 Å². The summed E-state index contributed by atoms with van der Waals surface area (Å²) in [5.41, 5.74) is 0.494. The number of amides is 2. The van der Waals surface area contributed by atoms with Crippen LogP contribution in [0.15, 0.2) is 40.2 Å². The Morgan fingerprint density at radius 3 is 2.93 bits per heavy atom. The molecule has 0 atom stereocenters. The predicted octanol–water partition coefficient (Wildman–Crippen LogP) is 1.74. The van der Waals surface area contributed by atoms with E-state index in [1.165, 1.54) is 11.8 Å². The Hall–Kier alpha value is -2.81. The molecule has 1 saturated carbocycles. The minimum Gasteiger partial charge on any atom is -0.497 e. The Kier molecular flexibility index (Phi) is 5.08. The number of carbonyl (C=O) groups is 2. The summed E-state index contributed by atoms with van der Waals surface area (Å²) in [6.07, 6.45) is 3.72. The Bertz CT molecular complexity index is 986. The van der Waals surface area contributed by atoms with Crippen molar-refractivity contribution < 1.29 is 14.3 Å². The van der Waals surface area contributed by atoms with E-state index in [-0.39, 0.29) is 18.4 Å². The molecule has 4 rings (SSSR count). The Morgan fingerprint density at radius 2 is 2.18 bits per heavy atom. The lowest BCUT2D eigenvalue weighted by molar-refractivity contribution is -0.117. The predicted molar refractivity (Wildman–Crippen MR) is 106 cm³/mol. The molecule has 2 heterocycles. The summed E-state index contributed by atoms with van der Waals surface area (Å²) in [5.74, 6) is 0.929. The maximum absolute atomic E-state index is 13.0. The molecule has 0 unspecified atom stereocenters. The molecule has 2 aromatic rings. The lowest BCUT2D eigenvalue weighted by atomic mass is 10.3. The molecule has 1 aromatic heterocycles. The summed E-state index contributed by atoms with van der Waals surface area (Å²) in [6.45, 7) is 0.321. The average Bonchev–Trinajstić information content (AvgIpc) is 3.50. The van der Waals surface area contributed by atoms with Gasteiger partial charge in [0.2, 0.25) is 11.8 Å². The van der Waals surface area contributed by atoms with Crippen LogP contribution in [0, 0.1) is 5.92 Å². The van der Waals surface area contributed by atoms with Gasteiger partial charge in [-0.15, -0.1) is 11.8 Å². The molecule has 1 aliphatic heterocycles. The van der Waals surface area contributed by atoms with Gasteiger partial charge in [-0.1, -0.05) is 6.07 Å². The maximum Gasteiger partial charge on any atom is 0.292 e. The minimum absolute atomic E-state index is 0.0694. The molecule has 28 heavy (non-hydrogen) atoms. The highest BCUT2D eigenvalue weighted by molar-refractivity contribution is 8.00. The van der Waals surface area contributed by atoms with Crippen molar-refractivity contribution in [1.82, 2.24) is 9.78 Å². The molecule has 1 aliphatic carbocycles. The van der Waals surface area contributed by atoms with Crippen LogP contribution in [0.4, 0.5) is 11.4 Å². The number of hydrogen-bond donors (Lipinski definition) is 1. The zero-order chi connectivity index (χ0) is 19.7. The van der Waals surface area contributed by atoms with E-state index in [2.05, 4.69) is 10.4 Å². The van der Waals surface area contributed by atoms with Crippen LogP contribution in [0.25, 0.3) is 0 Å². The number of nitrogens with one attached hydrogen (secondary N) is 1. The molecule has 2 amide bonds. The fraction of sp³-hybridized carbons (Fsp3) is 0.368. The van der Waals surface area contributed by atoms with Crippen LogP contribution in [0.3, 0.4) is 0 Å². The van der Waals surface area contributed by atoms with Crippen molar-refractivity contribution in [2.24, 2.45) is 5.92 Å². The van der Waals surface area contributed by atoms with Crippen LogP contribution in [-0.2, 0) is 16.1 Å². The van der Waals surface area contributed by atoms with E-state index in [9.17, 15) is 14.4 Å². The molecule has 2 aliphatic rings. The van der Waals surface area contributed by atoms with Gasteiger partial charge in [0.15, 0.2) is 0 Å². The molecule has 1 aromatic carbocycles. The summed E-state index contributed by atoms with van der Waals surface area (Å²) < 4.78 is 6.24. The van der Waals surface area contributed by atoms with Crippen molar-refractivity contribution >= 4 is 35.0 Å². The molecular formula is C19H20N4O4S. The van der Waals surface area contributed by atoms with Crippen LogP contribution in [0.2, 0.25) is 0 Å². The van der Waals surface area contributed by atoms with Crippen LogP contribution in [0.5, 0.6) is 5.75 Å². The number of thioether (sulfide) groups is 1. The summed E-state index contributed by atoms with van der Waals surface area (Å²) in [5, 5.41) is 6.85. The van der Waals surface area contributed by atoms with Gasteiger partial charge in [0.05, 0.1) is 24.0 Å². The number of ether oxygens (including phenoxy) is 1. The number of methoxy groups -OCH3 is 1. The molecule has 0 bridgehead atoms. The van der Waals surface area contributed by atoms with Gasteiger partial charge in [0.25, 0.3) is 5.56 Å². The molecule has 146 valence electrons. The first-order chi connectivity index (χ1) is 13.5. The molecule has 0 saturated heterocycles. The third kappa shape index (κ3) is 3.89. The Balaban J connectivity index is 1.55. The molecule has 0 radical (unpaired) electrons. The molecule has 9 heteroatoms. The number of fused-ring (bicyclic) bond motifs is 1.